The van der Waals surface area contributed by atoms with Crippen molar-refractivity contribution in [1.29, 1.82) is 0 Å². The first-order valence-electron chi connectivity index (χ1n) is 15.4. The van der Waals surface area contributed by atoms with E-state index in [1.807, 2.05) is 0 Å². The fourth-order valence-electron chi connectivity index (χ4n) is 7.53. The molecule has 1 nitrogen and oxygen atoms in total. The van der Waals surface area contributed by atoms with Gasteiger partial charge in [-0.25, -0.2) is 0 Å². The molecule has 6 aromatic carbocycles. The Hall–Kier alpha value is -5.40. The monoisotopic (exact) mass is 563 g/mol. The Morgan fingerprint density at radius 1 is 0.432 bits per heavy atom. The van der Waals surface area contributed by atoms with Crippen molar-refractivity contribution in [3.8, 4) is 11.1 Å². The third-order valence-corrected chi connectivity index (χ3v) is 9.43. The second-order valence-corrected chi connectivity index (χ2v) is 11.8. The van der Waals surface area contributed by atoms with Crippen LogP contribution in [0.15, 0.2) is 188 Å². The molecule has 0 radical (unpaired) electrons. The average Bonchev–Trinajstić information content (AvgIpc) is 3.40. The second kappa shape index (κ2) is 11.0. The molecule has 1 N–H and O–H groups in total. The van der Waals surface area contributed by atoms with E-state index in [-0.39, 0.29) is 17.3 Å². The lowest BCUT2D eigenvalue weighted by molar-refractivity contribution is 0.455. The number of fused-ring (bicyclic) bond motifs is 3. The van der Waals surface area contributed by atoms with Crippen molar-refractivity contribution < 1.29 is 0 Å². The predicted octanol–water partition coefficient (Wildman–Crippen LogP) is 10.5. The van der Waals surface area contributed by atoms with E-state index in [0.29, 0.717) is 0 Å². The van der Waals surface area contributed by atoms with Crippen molar-refractivity contribution in [2.24, 2.45) is 5.92 Å². The minimum atomic E-state index is -0.327. The second-order valence-electron chi connectivity index (χ2n) is 11.8. The highest BCUT2D eigenvalue weighted by Crippen LogP contribution is 2.61. The highest BCUT2D eigenvalue weighted by Gasteiger charge is 2.53. The first-order chi connectivity index (χ1) is 21.8. The molecule has 6 aromatic rings. The number of allylic oxidation sites excluding steroid dienone is 3. The molecule has 210 valence electrons. The molecule has 0 amide bonds. The molecule has 0 saturated carbocycles. The Bertz CT molecular complexity index is 1910. The van der Waals surface area contributed by atoms with Gasteiger partial charge in [-0.2, -0.15) is 0 Å². The summed E-state index contributed by atoms with van der Waals surface area (Å²) in [5.41, 5.74) is 12.2. The molecule has 0 aliphatic heterocycles. The zero-order valence-corrected chi connectivity index (χ0v) is 24.5. The van der Waals surface area contributed by atoms with Gasteiger partial charge in [0, 0.05) is 28.8 Å². The van der Waals surface area contributed by atoms with E-state index >= 15 is 0 Å². The zero-order chi connectivity index (χ0) is 29.3. The lowest BCUT2D eigenvalue weighted by Crippen LogP contribution is -2.36. The van der Waals surface area contributed by atoms with Crippen LogP contribution in [0.3, 0.4) is 0 Å². The van der Waals surface area contributed by atoms with Crippen molar-refractivity contribution in [2.75, 3.05) is 5.32 Å². The largest absolute Gasteiger partial charge is 0.355 e. The minimum absolute atomic E-state index is 0.184. The van der Waals surface area contributed by atoms with Crippen LogP contribution in [0.4, 0.5) is 5.69 Å². The van der Waals surface area contributed by atoms with Gasteiger partial charge in [-0.3, -0.25) is 0 Å². The van der Waals surface area contributed by atoms with E-state index in [4.69, 9.17) is 0 Å². The summed E-state index contributed by atoms with van der Waals surface area (Å²) in [6.45, 7) is 0. The number of benzene rings is 6. The summed E-state index contributed by atoms with van der Waals surface area (Å²) in [5, 5.41) is 3.88. The Morgan fingerprint density at radius 3 is 1.55 bits per heavy atom. The van der Waals surface area contributed by atoms with Gasteiger partial charge in [-0.1, -0.05) is 170 Å². The highest BCUT2D eigenvalue weighted by molar-refractivity contribution is 5.86. The number of hydrogen-bond donors (Lipinski definition) is 1. The molecule has 0 bridgehead atoms. The maximum Gasteiger partial charge on any atom is 0.0526 e. The van der Waals surface area contributed by atoms with Crippen molar-refractivity contribution in [3.05, 3.63) is 216 Å². The Morgan fingerprint density at radius 2 is 0.932 bits per heavy atom. The fourth-order valence-corrected chi connectivity index (χ4v) is 7.53. The van der Waals surface area contributed by atoms with Crippen LogP contribution in [0.5, 0.6) is 0 Å². The van der Waals surface area contributed by atoms with Crippen molar-refractivity contribution >= 4 is 11.3 Å². The van der Waals surface area contributed by atoms with Gasteiger partial charge in [0.25, 0.3) is 0 Å². The lowest BCUT2D eigenvalue weighted by atomic mass is 9.62. The van der Waals surface area contributed by atoms with E-state index in [1.165, 1.54) is 44.5 Å². The van der Waals surface area contributed by atoms with Crippen LogP contribution in [0.2, 0.25) is 0 Å². The van der Waals surface area contributed by atoms with Crippen LogP contribution >= 0.6 is 0 Å². The van der Waals surface area contributed by atoms with Gasteiger partial charge < -0.3 is 5.32 Å². The van der Waals surface area contributed by atoms with E-state index in [1.54, 1.807) is 0 Å². The standard InChI is InChI=1S/C43H33N/c1-5-15-31(16-6-1)32-25-27-36(28-26-32)44-42-30-41-39(29-38(42)33-17-7-2-8-18-33)37-23-13-14-24-40(37)43(41,34-19-9-3-10-20-34)35-21-11-4-12-22-35/h1-30,39,41,44H. The number of nitrogens with one attached hydrogen (secondary N) is 1. The molecule has 2 unspecified atom stereocenters. The molecule has 2 aliphatic rings. The SMILES string of the molecule is C1=C(Nc2ccc(-c3ccccc3)cc2)C(c2ccccc2)=CC2c3ccccc3C(c3ccccc3)(c3ccccc3)C12. The van der Waals surface area contributed by atoms with Crippen molar-refractivity contribution in [1.82, 2.24) is 0 Å². The topological polar surface area (TPSA) is 12.0 Å². The van der Waals surface area contributed by atoms with Crippen LogP contribution in [0, 0.1) is 5.92 Å². The minimum Gasteiger partial charge on any atom is -0.355 e. The van der Waals surface area contributed by atoms with Gasteiger partial charge in [-0.15, -0.1) is 0 Å². The van der Waals surface area contributed by atoms with Crippen molar-refractivity contribution in [3.63, 3.8) is 0 Å². The van der Waals surface area contributed by atoms with Gasteiger partial charge in [-0.05, 0) is 51.1 Å². The molecule has 0 fully saturated rings. The van der Waals surface area contributed by atoms with Gasteiger partial charge >= 0.3 is 0 Å². The van der Waals surface area contributed by atoms with Gasteiger partial charge in [0.05, 0.1) is 5.41 Å². The van der Waals surface area contributed by atoms with E-state index in [9.17, 15) is 0 Å². The lowest BCUT2D eigenvalue weighted by Gasteiger charge is -2.40. The molecule has 1 heteroatoms. The summed E-state index contributed by atoms with van der Waals surface area (Å²) in [6, 6.07) is 61.5. The Kier molecular flexibility index (Phi) is 6.57. The van der Waals surface area contributed by atoms with Gasteiger partial charge in [0.15, 0.2) is 0 Å². The van der Waals surface area contributed by atoms with Gasteiger partial charge in [0.2, 0.25) is 0 Å². The van der Waals surface area contributed by atoms with Crippen LogP contribution < -0.4 is 5.32 Å². The quantitative estimate of drug-likeness (QED) is 0.213. The normalized spacial score (nSPS) is 18.0. The number of anilines is 1. The van der Waals surface area contributed by atoms with Crippen LogP contribution in [0.25, 0.3) is 16.7 Å². The summed E-state index contributed by atoms with van der Waals surface area (Å²) in [7, 11) is 0. The Labute approximate surface area is 259 Å². The Balaban J connectivity index is 1.31. The summed E-state index contributed by atoms with van der Waals surface area (Å²) < 4.78 is 0. The molecule has 44 heavy (non-hydrogen) atoms. The molecule has 2 atom stereocenters. The molecule has 8 rings (SSSR count). The van der Waals surface area contributed by atoms with Crippen LogP contribution in [-0.4, -0.2) is 0 Å². The molecule has 0 spiro atoms. The molecule has 2 aliphatic carbocycles. The number of rotatable bonds is 6. The highest BCUT2D eigenvalue weighted by atomic mass is 14.9. The molecule has 0 saturated heterocycles. The van der Waals surface area contributed by atoms with E-state index < -0.39 is 0 Å². The number of hydrogen-bond acceptors (Lipinski definition) is 1. The predicted molar refractivity (Wildman–Crippen MR) is 183 cm³/mol. The van der Waals surface area contributed by atoms with E-state index in [2.05, 4.69) is 187 Å². The molecular formula is C43H33N. The smallest absolute Gasteiger partial charge is 0.0526 e. The summed E-state index contributed by atoms with van der Waals surface area (Å²) in [4.78, 5) is 0. The maximum absolute atomic E-state index is 3.88. The fraction of sp³-hybridized carbons (Fsp3) is 0.0698. The summed E-state index contributed by atoms with van der Waals surface area (Å²) in [5.74, 6) is 0.413. The zero-order valence-electron chi connectivity index (χ0n) is 24.5. The molecule has 0 heterocycles. The third-order valence-electron chi connectivity index (χ3n) is 9.43. The van der Waals surface area contributed by atoms with Crippen molar-refractivity contribution in [2.45, 2.75) is 11.3 Å². The van der Waals surface area contributed by atoms with E-state index in [0.717, 1.165) is 11.4 Å². The van der Waals surface area contributed by atoms with Crippen LogP contribution in [0.1, 0.15) is 33.7 Å². The first kappa shape index (κ1) is 26.2. The maximum atomic E-state index is 3.88. The third kappa shape index (κ3) is 4.32. The summed E-state index contributed by atoms with van der Waals surface area (Å²) in [6.07, 6.45) is 5.05. The average molecular weight is 564 g/mol. The molecule has 0 aromatic heterocycles. The first-order valence-corrected chi connectivity index (χ1v) is 15.4. The van der Waals surface area contributed by atoms with Crippen LogP contribution in [-0.2, 0) is 5.41 Å². The molecular weight excluding hydrogens is 530 g/mol. The van der Waals surface area contributed by atoms with Gasteiger partial charge in [0.1, 0.15) is 0 Å². The summed E-state index contributed by atoms with van der Waals surface area (Å²) >= 11 is 0.